The van der Waals surface area contributed by atoms with Crippen molar-refractivity contribution in [2.45, 2.75) is 13.8 Å². The first-order valence-electron chi connectivity index (χ1n) is 2.61. The predicted molar refractivity (Wildman–Crippen MR) is 41.8 cm³/mol. The van der Waals surface area contributed by atoms with Gasteiger partial charge in [-0.25, -0.2) is 4.79 Å². The van der Waals surface area contributed by atoms with Crippen molar-refractivity contribution in [3.63, 3.8) is 0 Å². The monoisotopic (exact) mass is 165 g/mol. The van der Waals surface area contributed by atoms with Crippen LogP contribution in [0.3, 0.4) is 0 Å². The maximum absolute atomic E-state index is 10.5. The van der Waals surface area contributed by atoms with E-state index in [1.54, 1.807) is 13.8 Å². The highest BCUT2D eigenvalue weighted by molar-refractivity contribution is 5.87. The van der Waals surface area contributed by atoms with Gasteiger partial charge in [-0.05, 0) is 19.4 Å². The van der Waals surface area contributed by atoms with E-state index in [4.69, 9.17) is 5.73 Å². The second-order valence-electron chi connectivity index (χ2n) is 1.91. The van der Waals surface area contributed by atoms with Crippen LogP contribution in [-0.4, -0.2) is 13.1 Å². The van der Waals surface area contributed by atoms with Crippen LogP contribution in [-0.2, 0) is 9.53 Å². The van der Waals surface area contributed by atoms with Gasteiger partial charge in [0.15, 0.2) is 0 Å². The summed E-state index contributed by atoms with van der Waals surface area (Å²) in [5.41, 5.74) is 6.25. The number of carbonyl (C=O) groups excluding carboxylic acids is 1. The minimum atomic E-state index is -0.463. The number of hydrogen-bond acceptors (Lipinski definition) is 3. The lowest BCUT2D eigenvalue weighted by atomic mass is 10.3. The van der Waals surface area contributed by atoms with E-state index in [1.807, 2.05) is 0 Å². The molecule has 0 spiro atoms. The standard InChI is InChI=1S/C6H11NO2.ClH/c1-4(2)5(7)6(8)9-3;/h7H2,1-3H3;1H. The number of nitrogens with two attached hydrogens (primary N) is 1. The zero-order chi connectivity index (χ0) is 7.44. The van der Waals surface area contributed by atoms with Gasteiger partial charge in [-0.15, -0.1) is 12.4 Å². The zero-order valence-corrected chi connectivity index (χ0v) is 7.12. The molecule has 0 aliphatic carbocycles. The molecule has 0 saturated heterocycles. The molecular formula is C6H12ClNO2. The molecule has 0 saturated carbocycles. The molecule has 10 heavy (non-hydrogen) atoms. The number of carbonyl (C=O) groups is 1. The molecule has 2 N–H and O–H groups in total. The topological polar surface area (TPSA) is 52.3 Å². The van der Waals surface area contributed by atoms with Gasteiger partial charge in [0.2, 0.25) is 0 Å². The molecule has 0 aromatic rings. The molecule has 0 aromatic carbocycles. The first-order valence-corrected chi connectivity index (χ1v) is 2.61. The van der Waals surface area contributed by atoms with Crippen LogP contribution in [0, 0.1) is 0 Å². The molecule has 0 fully saturated rings. The van der Waals surface area contributed by atoms with Crippen LogP contribution in [0.25, 0.3) is 0 Å². The number of hydrogen-bond donors (Lipinski definition) is 1. The molecule has 0 heterocycles. The summed E-state index contributed by atoms with van der Waals surface area (Å²) in [7, 11) is 1.30. The van der Waals surface area contributed by atoms with Gasteiger partial charge < -0.3 is 10.5 Å². The van der Waals surface area contributed by atoms with Gasteiger partial charge in [-0.3, -0.25) is 0 Å². The number of halogens is 1. The Balaban J connectivity index is 0. The van der Waals surface area contributed by atoms with E-state index in [-0.39, 0.29) is 18.1 Å². The molecule has 60 valence electrons. The average Bonchev–Trinajstić information content (AvgIpc) is 1.84. The molecule has 0 aliphatic heterocycles. The summed E-state index contributed by atoms with van der Waals surface area (Å²) in [5, 5.41) is 0. The second-order valence-corrected chi connectivity index (χ2v) is 1.91. The van der Waals surface area contributed by atoms with Crippen molar-refractivity contribution >= 4 is 18.4 Å². The van der Waals surface area contributed by atoms with Gasteiger partial charge in [-0.1, -0.05) is 0 Å². The SMILES string of the molecule is COC(=O)C(N)=C(C)C.Cl. The molecule has 0 aliphatic rings. The maximum Gasteiger partial charge on any atom is 0.353 e. The first kappa shape index (κ1) is 12.0. The van der Waals surface area contributed by atoms with E-state index < -0.39 is 5.97 Å². The molecule has 3 nitrogen and oxygen atoms in total. The van der Waals surface area contributed by atoms with Gasteiger partial charge >= 0.3 is 5.97 Å². The number of rotatable bonds is 1. The third-order valence-corrected chi connectivity index (χ3v) is 0.944. The van der Waals surface area contributed by atoms with Gasteiger partial charge in [-0.2, -0.15) is 0 Å². The van der Waals surface area contributed by atoms with Crippen LogP contribution in [0.5, 0.6) is 0 Å². The highest BCUT2D eigenvalue weighted by atomic mass is 35.5. The summed E-state index contributed by atoms with van der Waals surface area (Å²) in [6.07, 6.45) is 0. The Hall–Kier alpha value is -0.700. The largest absolute Gasteiger partial charge is 0.464 e. The number of ether oxygens (including phenoxy) is 1. The average molecular weight is 166 g/mol. The van der Waals surface area contributed by atoms with Crippen molar-refractivity contribution in [1.29, 1.82) is 0 Å². The van der Waals surface area contributed by atoms with E-state index in [9.17, 15) is 4.79 Å². The molecular weight excluding hydrogens is 154 g/mol. The van der Waals surface area contributed by atoms with Crippen LogP contribution >= 0.6 is 12.4 Å². The molecule has 4 heteroatoms. The summed E-state index contributed by atoms with van der Waals surface area (Å²) < 4.78 is 4.35. The fourth-order valence-electron chi connectivity index (χ4n) is 0.314. The Morgan fingerprint density at radius 1 is 1.40 bits per heavy atom. The van der Waals surface area contributed by atoms with Crippen molar-refractivity contribution in [3.05, 3.63) is 11.3 Å². The summed E-state index contributed by atoms with van der Waals surface area (Å²) in [6, 6.07) is 0. The lowest BCUT2D eigenvalue weighted by Gasteiger charge is -1.98. The second kappa shape index (κ2) is 5.11. The Labute approximate surface area is 66.6 Å². The lowest BCUT2D eigenvalue weighted by Crippen LogP contribution is -2.13. The maximum atomic E-state index is 10.5. The van der Waals surface area contributed by atoms with E-state index in [0.29, 0.717) is 0 Å². The van der Waals surface area contributed by atoms with Crippen molar-refractivity contribution in [3.8, 4) is 0 Å². The van der Waals surface area contributed by atoms with Gasteiger partial charge in [0.1, 0.15) is 5.70 Å². The highest BCUT2D eigenvalue weighted by Gasteiger charge is 2.03. The first-order chi connectivity index (χ1) is 4.09. The number of methoxy groups -OCH3 is 1. The van der Waals surface area contributed by atoms with Crippen molar-refractivity contribution in [2.75, 3.05) is 7.11 Å². The summed E-state index contributed by atoms with van der Waals surface area (Å²) in [5.74, 6) is -0.463. The third-order valence-electron chi connectivity index (χ3n) is 0.944. The third kappa shape index (κ3) is 3.35. The molecule has 0 atom stereocenters. The Kier molecular flexibility index (Phi) is 6.15. The van der Waals surface area contributed by atoms with Gasteiger partial charge in [0, 0.05) is 0 Å². The number of allylic oxidation sites excluding steroid dienone is 1. The van der Waals surface area contributed by atoms with Crippen LogP contribution < -0.4 is 5.73 Å². The minimum absolute atomic E-state index is 0. The molecule has 0 rings (SSSR count). The van der Waals surface area contributed by atoms with E-state index in [2.05, 4.69) is 4.74 Å². The van der Waals surface area contributed by atoms with Gasteiger partial charge in [0.05, 0.1) is 7.11 Å². The fraction of sp³-hybridized carbons (Fsp3) is 0.500. The van der Waals surface area contributed by atoms with E-state index in [0.717, 1.165) is 5.57 Å². The van der Waals surface area contributed by atoms with Crippen LogP contribution in [0.15, 0.2) is 11.3 Å². The summed E-state index contributed by atoms with van der Waals surface area (Å²) in [6.45, 7) is 3.51. The van der Waals surface area contributed by atoms with E-state index >= 15 is 0 Å². The van der Waals surface area contributed by atoms with E-state index in [1.165, 1.54) is 7.11 Å². The van der Waals surface area contributed by atoms with Crippen LogP contribution in [0.2, 0.25) is 0 Å². The summed E-state index contributed by atoms with van der Waals surface area (Å²) in [4.78, 5) is 10.5. The highest BCUT2D eigenvalue weighted by Crippen LogP contribution is 1.96. The van der Waals surface area contributed by atoms with Gasteiger partial charge in [0.25, 0.3) is 0 Å². The molecule has 0 bridgehead atoms. The normalized spacial score (nSPS) is 7.50. The zero-order valence-electron chi connectivity index (χ0n) is 6.30. The van der Waals surface area contributed by atoms with Crippen molar-refractivity contribution in [2.24, 2.45) is 5.73 Å². The molecule has 0 unspecified atom stereocenters. The van der Waals surface area contributed by atoms with Crippen molar-refractivity contribution < 1.29 is 9.53 Å². The quantitative estimate of drug-likeness (QED) is 0.463. The Morgan fingerprint density at radius 2 is 1.80 bits per heavy atom. The predicted octanol–water partition coefficient (Wildman–Crippen LogP) is 0.834. The smallest absolute Gasteiger partial charge is 0.353 e. The minimum Gasteiger partial charge on any atom is -0.464 e. The molecule has 0 radical (unpaired) electrons. The lowest BCUT2D eigenvalue weighted by molar-refractivity contribution is -0.136. The van der Waals surface area contributed by atoms with Crippen molar-refractivity contribution in [1.82, 2.24) is 0 Å². The van der Waals surface area contributed by atoms with Crippen LogP contribution in [0.1, 0.15) is 13.8 Å². The Morgan fingerprint density at radius 3 is 1.90 bits per heavy atom. The Bertz CT molecular complexity index is 150. The molecule has 0 amide bonds. The fourth-order valence-corrected chi connectivity index (χ4v) is 0.314. The number of esters is 1. The molecule has 0 aromatic heterocycles. The summed E-state index contributed by atoms with van der Waals surface area (Å²) >= 11 is 0. The van der Waals surface area contributed by atoms with Crippen LogP contribution in [0.4, 0.5) is 0 Å².